The van der Waals surface area contributed by atoms with Gasteiger partial charge in [-0.1, -0.05) is 70.5 Å². The van der Waals surface area contributed by atoms with E-state index in [2.05, 4.69) is 130 Å². The summed E-state index contributed by atoms with van der Waals surface area (Å²) in [6, 6.07) is 39.4. The smallest absolute Gasteiger partial charge is 0.145 e. The standard InChI is InChI=1S/C37H34N4O.Pt/c1-36(2,3)25-20-21-38-35(24-25)40-31-15-8-7-14-29(31)30-19-18-27(23-34(30)40)37(4,5)26-12-11-13-28(22-26)41-33-17-10-9-16-32(33)39(6)42-41;/h7-21,24H,1-6H3;/q-2;/p+1. The van der Waals surface area contributed by atoms with Crippen LogP contribution >= 0.6 is 0 Å². The van der Waals surface area contributed by atoms with E-state index in [1.807, 2.05) is 35.5 Å². The van der Waals surface area contributed by atoms with Crippen LogP contribution in [0.25, 0.3) is 27.6 Å². The van der Waals surface area contributed by atoms with Crippen LogP contribution < -0.4 is 10.1 Å². The molecule has 6 heteroatoms. The Labute approximate surface area is 267 Å². The van der Waals surface area contributed by atoms with Crippen molar-refractivity contribution in [3.05, 3.63) is 126 Å². The van der Waals surface area contributed by atoms with Crippen LogP contribution in [0.15, 0.2) is 97.2 Å². The number of benzene rings is 4. The van der Waals surface area contributed by atoms with Gasteiger partial charge in [-0.05, 0) is 52.1 Å². The number of rotatable bonds is 4. The molecule has 0 aliphatic carbocycles. The Balaban J connectivity index is 0.00000329. The zero-order valence-electron chi connectivity index (χ0n) is 25.3. The molecule has 6 aromatic rings. The maximum atomic E-state index is 4.84. The average molecular weight is 747 g/mol. The van der Waals surface area contributed by atoms with Crippen molar-refractivity contribution in [1.29, 1.82) is 0 Å². The Hall–Kier alpha value is -3.92. The van der Waals surface area contributed by atoms with Gasteiger partial charge in [-0.25, -0.2) is 4.98 Å². The number of hydroxylamine groups is 1. The van der Waals surface area contributed by atoms with Gasteiger partial charge in [0.2, 0.25) is 0 Å². The van der Waals surface area contributed by atoms with Crippen molar-refractivity contribution in [3.8, 4) is 5.82 Å². The van der Waals surface area contributed by atoms with Crippen LogP contribution in [0.1, 0.15) is 51.3 Å². The molecule has 0 saturated heterocycles. The Morgan fingerprint density at radius 2 is 1.44 bits per heavy atom. The number of nitrogens with zero attached hydrogens (tertiary/aromatic N) is 4. The second kappa shape index (κ2) is 10.7. The van der Waals surface area contributed by atoms with Gasteiger partial charge in [0.05, 0.1) is 7.05 Å². The number of hydrogen-bond acceptors (Lipinski definition) is 3. The fraction of sp³-hybridized carbons (Fsp3) is 0.216. The minimum absolute atomic E-state index is 0. The number of pyridine rings is 1. The second-order valence-corrected chi connectivity index (χ2v) is 12.6. The molecule has 220 valence electrons. The normalized spacial score (nSPS) is 13.4. The number of fused-ring (bicyclic) bond motifs is 4. The van der Waals surface area contributed by atoms with Crippen LogP contribution in [-0.4, -0.2) is 21.5 Å². The van der Waals surface area contributed by atoms with E-state index in [-0.39, 0.29) is 31.9 Å². The summed E-state index contributed by atoms with van der Waals surface area (Å²) in [4.78, 5) is 9.62. The van der Waals surface area contributed by atoms with Crippen molar-refractivity contribution in [2.45, 2.75) is 45.4 Å². The van der Waals surface area contributed by atoms with Crippen LogP contribution in [0.5, 0.6) is 0 Å². The summed E-state index contributed by atoms with van der Waals surface area (Å²) in [5.74, 6) is 0.909. The van der Waals surface area contributed by atoms with Gasteiger partial charge in [-0.15, -0.1) is 27.6 Å². The zero-order valence-corrected chi connectivity index (χ0v) is 27.6. The van der Waals surface area contributed by atoms with Crippen molar-refractivity contribution >= 4 is 38.9 Å². The van der Waals surface area contributed by atoms with Gasteiger partial charge in [0, 0.05) is 38.5 Å². The van der Waals surface area contributed by atoms with E-state index in [1.54, 1.807) is 0 Å². The van der Waals surface area contributed by atoms with Crippen LogP contribution in [-0.2, 0) is 31.9 Å². The van der Waals surface area contributed by atoms with E-state index in [9.17, 15) is 0 Å². The van der Waals surface area contributed by atoms with Crippen molar-refractivity contribution in [1.82, 2.24) is 9.55 Å². The molecule has 0 unspecified atom stereocenters. The number of anilines is 3. The summed E-state index contributed by atoms with van der Waals surface area (Å²) in [6.45, 7) is 11.2. The Bertz CT molecular complexity index is 1970. The van der Waals surface area contributed by atoms with Crippen LogP contribution in [0.2, 0.25) is 0 Å². The topological polar surface area (TPSA) is 37.1 Å². The van der Waals surface area contributed by atoms with Gasteiger partial charge in [0.1, 0.15) is 17.2 Å². The Morgan fingerprint density at radius 1 is 0.721 bits per heavy atom. The molecule has 0 atom stereocenters. The van der Waals surface area contributed by atoms with E-state index in [1.165, 1.54) is 16.3 Å². The predicted octanol–water partition coefficient (Wildman–Crippen LogP) is 8.83. The molecule has 0 saturated carbocycles. The van der Waals surface area contributed by atoms with E-state index in [0.29, 0.717) is 0 Å². The molecule has 2 aromatic heterocycles. The molecule has 1 N–H and O–H groups in total. The molecule has 0 radical (unpaired) electrons. The summed E-state index contributed by atoms with van der Waals surface area (Å²) in [7, 11) is 1.97. The van der Waals surface area contributed by atoms with Crippen molar-refractivity contribution in [3.63, 3.8) is 0 Å². The van der Waals surface area contributed by atoms with E-state index in [0.717, 1.165) is 45.0 Å². The number of aromatic nitrogens is 2. The van der Waals surface area contributed by atoms with Gasteiger partial charge in [-0.2, -0.15) is 46.4 Å². The summed E-state index contributed by atoms with van der Waals surface area (Å²) in [5, 5.41) is 6.24. The molecule has 5 nitrogen and oxygen atoms in total. The molecule has 0 amide bonds. The third kappa shape index (κ3) is 4.85. The summed E-state index contributed by atoms with van der Waals surface area (Å²) in [5.41, 5.74) is 8.27. The number of para-hydroxylation sites is 3. The van der Waals surface area contributed by atoms with Gasteiger partial charge in [0.15, 0.2) is 0 Å². The van der Waals surface area contributed by atoms with Crippen LogP contribution in [0.4, 0.5) is 17.1 Å². The SMILES string of the molecule is CN1[OH+]N(c2[c-]c(C(C)(C)c3[c-]c4c(cc3)c3ccccc3n4-c3cc(C(C)(C)C)ccn3)ccc2)c2ccccc21.[Pt]. The first-order valence-electron chi connectivity index (χ1n) is 14.4. The first kappa shape index (κ1) is 29.2. The fourth-order valence-electron chi connectivity index (χ4n) is 5.92. The third-order valence-corrected chi connectivity index (χ3v) is 8.46. The molecule has 7 rings (SSSR count). The Morgan fingerprint density at radius 3 is 2.23 bits per heavy atom. The molecular weight excluding hydrogens is 712 g/mol. The van der Waals surface area contributed by atoms with Gasteiger partial charge in [-0.3, -0.25) is 0 Å². The predicted molar refractivity (Wildman–Crippen MR) is 172 cm³/mol. The maximum absolute atomic E-state index is 4.84. The minimum atomic E-state index is -0.364. The summed E-state index contributed by atoms with van der Waals surface area (Å²) >= 11 is 0. The Kier molecular flexibility index (Phi) is 7.23. The average Bonchev–Trinajstić information content (AvgIpc) is 3.51. The molecule has 0 spiro atoms. The second-order valence-electron chi connectivity index (χ2n) is 12.6. The van der Waals surface area contributed by atoms with E-state index in [4.69, 9.17) is 9.92 Å². The summed E-state index contributed by atoms with van der Waals surface area (Å²) in [6.07, 6.45) is 1.92. The fourth-order valence-corrected chi connectivity index (χ4v) is 5.92. The molecule has 4 aromatic carbocycles. The van der Waals surface area contributed by atoms with E-state index >= 15 is 0 Å². The molecule has 1 aliphatic heterocycles. The molecular formula is C37H35N4OPt-. The van der Waals surface area contributed by atoms with Crippen molar-refractivity contribution in [2.75, 3.05) is 17.2 Å². The van der Waals surface area contributed by atoms with Crippen LogP contribution in [0.3, 0.4) is 0 Å². The number of hydrogen-bond donors (Lipinski definition) is 0. The minimum Gasteiger partial charge on any atom is -0.319 e. The molecule has 43 heavy (non-hydrogen) atoms. The van der Waals surface area contributed by atoms with E-state index < -0.39 is 0 Å². The maximum Gasteiger partial charge on any atom is 0.145 e. The van der Waals surface area contributed by atoms with Crippen LogP contribution in [0, 0.1) is 12.1 Å². The van der Waals surface area contributed by atoms with Gasteiger partial charge < -0.3 is 4.57 Å². The first-order valence-corrected chi connectivity index (χ1v) is 14.4. The first-order chi connectivity index (χ1) is 20.1. The molecule has 3 heterocycles. The summed E-state index contributed by atoms with van der Waals surface area (Å²) < 4.78 is 2.26. The third-order valence-electron chi connectivity index (χ3n) is 8.46. The van der Waals surface area contributed by atoms with Crippen molar-refractivity contribution in [2.24, 2.45) is 0 Å². The molecule has 0 bridgehead atoms. The molecule has 0 fully saturated rings. The zero-order chi connectivity index (χ0) is 29.2. The van der Waals surface area contributed by atoms with Gasteiger partial charge >= 0.3 is 0 Å². The quantitative estimate of drug-likeness (QED) is 0.134. The molecule has 1 aliphatic rings. The largest absolute Gasteiger partial charge is 0.319 e. The van der Waals surface area contributed by atoms with Gasteiger partial charge in [0.25, 0.3) is 0 Å². The van der Waals surface area contributed by atoms with Crippen molar-refractivity contribution < 1.29 is 26.0 Å². The monoisotopic (exact) mass is 746 g/mol.